The van der Waals surface area contributed by atoms with Crippen molar-refractivity contribution in [3.8, 4) is 5.75 Å². The van der Waals surface area contributed by atoms with Crippen molar-refractivity contribution in [1.82, 2.24) is 0 Å². The van der Waals surface area contributed by atoms with Crippen LogP contribution in [-0.2, 0) is 14.3 Å². The van der Waals surface area contributed by atoms with Crippen LogP contribution in [0.5, 0.6) is 5.75 Å². The lowest BCUT2D eigenvalue weighted by molar-refractivity contribution is -0.156. The average molecular weight is 286 g/mol. The minimum atomic E-state index is -0.466. The first-order valence-electron chi connectivity index (χ1n) is 7.06. The molecule has 3 rings (SSSR count). The molecular weight excluding hydrogens is 268 g/mol. The summed E-state index contributed by atoms with van der Waals surface area (Å²) in [5.74, 6) is 0.864. The van der Waals surface area contributed by atoms with Crippen LogP contribution in [0.4, 0.5) is 0 Å². The van der Waals surface area contributed by atoms with E-state index < -0.39 is 6.10 Å². The molecule has 2 atom stereocenters. The molecule has 2 unspecified atom stereocenters. The molecule has 0 N–H and O–H groups in total. The fraction of sp³-hybridized carbons (Fsp3) is 0.353. The van der Waals surface area contributed by atoms with Crippen molar-refractivity contribution in [3.05, 3.63) is 42.5 Å². The van der Waals surface area contributed by atoms with Gasteiger partial charge in [0.25, 0.3) is 0 Å². The second-order valence-electron chi connectivity index (χ2n) is 5.12. The number of carbonyl (C=O) groups is 1. The molecule has 21 heavy (non-hydrogen) atoms. The third-order valence-electron chi connectivity index (χ3n) is 3.65. The van der Waals surface area contributed by atoms with Gasteiger partial charge in [-0.1, -0.05) is 30.3 Å². The zero-order valence-electron chi connectivity index (χ0n) is 12.0. The molecule has 0 aromatic heterocycles. The fourth-order valence-corrected chi connectivity index (χ4v) is 2.45. The number of methoxy groups -OCH3 is 1. The Kier molecular flexibility index (Phi) is 4.18. The predicted octanol–water partition coefficient (Wildman–Crippen LogP) is 2.59. The van der Waals surface area contributed by atoms with Crippen molar-refractivity contribution in [2.45, 2.75) is 18.6 Å². The first-order valence-corrected chi connectivity index (χ1v) is 7.06. The Bertz CT molecular complexity index is 637. The van der Waals surface area contributed by atoms with Crippen LogP contribution in [0.2, 0.25) is 0 Å². The van der Waals surface area contributed by atoms with E-state index in [0.29, 0.717) is 19.6 Å². The molecular formula is C17H18O4. The highest BCUT2D eigenvalue weighted by Gasteiger charge is 2.42. The normalized spacial score (nSPS) is 21.3. The Labute approximate surface area is 123 Å². The lowest BCUT2D eigenvalue weighted by Crippen LogP contribution is -2.52. The van der Waals surface area contributed by atoms with E-state index >= 15 is 0 Å². The quantitative estimate of drug-likeness (QED) is 0.766. The van der Waals surface area contributed by atoms with E-state index in [-0.39, 0.29) is 11.9 Å². The van der Waals surface area contributed by atoms with E-state index in [1.165, 1.54) is 5.39 Å². The van der Waals surface area contributed by atoms with Crippen molar-refractivity contribution in [2.24, 2.45) is 0 Å². The summed E-state index contributed by atoms with van der Waals surface area (Å²) < 4.78 is 16.3. The van der Waals surface area contributed by atoms with Crippen molar-refractivity contribution < 1.29 is 19.0 Å². The number of ether oxygens (including phenoxy) is 3. The van der Waals surface area contributed by atoms with E-state index in [2.05, 4.69) is 6.07 Å². The molecule has 0 heterocycles. The van der Waals surface area contributed by atoms with Crippen LogP contribution in [0.3, 0.4) is 0 Å². The number of ketones is 1. The predicted molar refractivity (Wildman–Crippen MR) is 79.6 cm³/mol. The molecule has 4 heteroatoms. The zero-order valence-corrected chi connectivity index (χ0v) is 12.0. The highest BCUT2D eigenvalue weighted by atomic mass is 16.6. The second-order valence-corrected chi connectivity index (χ2v) is 5.12. The molecule has 0 bridgehead atoms. The molecule has 4 nitrogen and oxygen atoms in total. The van der Waals surface area contributed by atoms with Crippen molar-refractivity contribution in [3.63, 3.8) is 0 Å². The summed E-state index contributed by atoms with van der Waals surface area (Å²) in [6.07, 6.45) is -0.257. The maximum Gasteiger partial charge on any atom is 0.169 e. The molecule has 110 valence electrons. The monoisotopic (exact) mass is 286 g/mol. The van der Waals surface area contributed by atoms with Crippen molar-refractivity contribution in [2.75, 3.05) is 20.3 Å². The Morgan fingerprint density at radius 2 is 1.90 bits per heavy atom. The Morgan fingerprint density at radius 1 is 1.10 bits per heavy atom. The number of Topliss-reactive ketones (excluding diaryl/α,β-unsaturated/α-hetero) is 1. The van der Waals surface area contributed by atoms with E-state index in [9.17, 15) is 4.79 Å². The summed E-state index contributed by atoms with van der Waals surface area (Å²) in [5.41, 5.74) is 0. The van der Waals surface area contributed by atoms with E-state index in [0.717, 1.165) is 11.1 Å². The lowest BCUT2D eigenvalue weighted by Gasteiger charge is -2.34. The maximum atomic E-state index is 11.6. The van der Waals surface area contributed by atoms with E-state index in [1.54, 1.807) is 7.11 Å². The summed E-state index contributed by atoms with van der Waals surface area (Å²) in [6.45, 7) is 0.886. The van der Waals surface area contributed by atoms with Gasteiger partial charge in [-0.15, -0.1) is 0 Å². The van der Waals surface area contributed by atoms with Crippen LogP contribution >= 0.6 is 0 Å². The van der Waals surface area contributed by atoms with Crippen LogP contribution in [0.15, 0.2) is 42.5 Å². The van der Waals surface area contributed by atoms with Gasteiger partial charge in [0.1, 0.15) is 11.9 Å². The minimum Gasteiger partial charge on any atom is -0.487 e. The maximum absolute atomic E-state index is 11.6. The van der Waals surface area contributed by atoms with Gasteiger partial charge in [-0.25, -0.2) is 0 Å². The third-order valence-corrected chi connectivity index (χ3v) is 3.65. The number of fused-ring (bicyclic) bond motifs is 1. The summed E-state index contributed by atoms with van der Waals surface area (Å²) in [5, 5.41) is 2.29. The van der Waals surface area contributed by atoms with Gasteiger partial charge in [0.2, 0.25) is 0 Å². The molecule has 1 aliphatic rings. The van der Waals surface area contributed by atoms with Crippen molar-refractivity contribution in [1.29, 1.82) is 0 Å². The van der Waals surface area contributed by atoms with Gasteiger partial charge in [-0.2, -0.15) is 0 Å². The Hall–Kier alpha value is -1.91. The van der Waals surface area contributed by atoms with E-state index in [4.69, 9.17) is 14.2 Å². The van der Waals surface area contributed by atoms with E-state index in [1.807, 2.05) is 36.4 Å². The standard InChI is InChI=1S/C17H18O4/c1-19-8-9-20-17-15(18)11-16(17)21-14-7-6-12-4-2-3-5-13(12)10-14/h2-7,10,16-17H,8-9,11H2,1H3. The summed E-state index contributed by atoms with van der Waals surface area (Å²) >= 11 is 0. The SMILES string of the molecule is COCCOC1C(=O)CC1Oc1ccc2ccccc2c1. The van der Waals surface area contributed by atoms with Gasteiger partial charge in [-0.3, -0.25) is 4.79 Å². The third kappa shape index (κ3) is 3.06. The molecule has 2 aromatic carbocycles. The van der Waals surface area contributed by atoms with Crippen LogP contribution in [0.1, 0.15) is 6.42 Å². The Balaban J connectivity index is 1.65. The second kappa shape index (κ2) is 6.24. The van der Waals surface area contributed by atoms with Gasteiger partial charge >= 0.3 is 0 Å². The highest BCUT2D eigenvalue weighted by Crippen LogP contribution is 2.28. The largest absolute Gasteiger partial charge is 0.487 e. The van der Waals surface area contributed by atoms with Gasteiger partial charge < -0.3 is 14.2 Å². The molecule has 0 spiro atoms. The summed E-state index contributed by atoms with van der Waals surface area (Å²) in [6, 6.07) is 14.0. The minimum absolute atomic E-state index is 0.0943. The fourth-order valence-electron chi connectivity index (χ4n) is 2.45. The summed E-state index contributed by atoms with van der Waals surface area (Å²) in [7, 11) is 1.61. The molecule has 0 radical (unpaired) electrons. The van der Waals surface area contributed by atoms with Gasteiger partial charge in [-0.05, 0) is 22.9 Å². The molecule has 1 saturated carbocycles. The number of rotatable bonds is 6. The van der Waals surface area contributed by atoms with Crippen LogP contribution in [-0.4, -0.2) is 38.3 Å². The molecule has 1 fully saturated rings. The number of benzene rings is 2. The van der Waals surface area contributed by atoms with Crippen LogP contribution in [0, 0.1) is 0 Å². The average Bonchev–Trinajstić information content (AvgIpc) is 2.51. The number of hydrogen-bond acceptors (Lipinski definition) is 4. The molecule has 1 aliphatic carbocycles. The molecule has 0 saturated heterocycles. The first-order chi connectivity index (χ1) is 10.3. The number of hydrogen-bond donors (Lipinski definition) is 0. The first kappa shape index (κ1) is 14.0. The van der Waals surface area contributed by atoms with Crippen LogP contribution in [0.25, 0.3) is 10.8 Å². The van der Waals surface area contributed by atoms with Gasteiger partial charge in [0, 0.05) is 13.5 Å². The zero-order chi connectivity index (χ0) is 14.7. The van der Waals surface area contributed by atoms with Crippen molar-refractivity contribution >= 4 is 16.6 Å². The molecule has 0 aliphatic heterocycles. The Morgan fingerprint density at radius 3 is 2.67 bits per heavy atom. The van der Waals surface area contributed by atoms with Gasteiger partial charge in [0.05, 0.1) is 13.2 Å². The number of carbonyl (C=O) groups excluding carboxylic acids is 1. The summed E-state index contributed by atoms with van der Waals surface area (Å²) in [4.78, 5) is 11.6. The topological polar surface area (TPSA) is 44.8 Å². The van der Waals surface area contributed by atoms with Crippen LogP contribution < -0.4 is 4.74 Å². The molecule has 0 amide bonds. The lowest BCUT2D eigenvalue weighted by atomic mass is 9.90. The highest BCUT2D eigenvalue weighted by molar-refractivity contribution is 5.91. The van der Waals surface area contributed by atoms with Gasteiger partial charge in [0.15, 0.2) is 11.9 Å². The molecule has 2 aromatic rings. The smallest absolute Gasteiger partial charge is 0.169 e.